The first-order valence-electron chi connectivity index (χ1n) is 5.60. The molecule has 1 heterocycles. The summed E-state index contributed by atoms with van der Waals surface area (Å²) >= 11 is 0. The molecule has 2 rings (SSSR count). The zero-order valence-corrected chi connectivity index (χ0v) is 10.5. The summed E-state index contributed by atoms with van der Waals surface area (Å²) in [6.45, 7) is 0. The first kappa shape index (κ1) is 13.5. The van der Waals surface area contributed by atoms with Gasteiger partial charge in [0.25, 0.3) is 0 Å². The number of aromatic amines is 1. The number of hydrogen-bond donors (Lipinski definition) is 1. The van der Waals surface area contributed by atoms with Gasteiger partial charge in [0.2, 0.25) is 0 Å². The fraction of sp³-hybridized carbons (Fsp3) is 0.417. The Morgan fingerprint density at radius 1 is 1.16 bits per heavy atom. The van der Waals surface area contributed by atoms with Crippen LogP contribution in [-0.2, 0) is 6.42 Å². The molecule has 19 heavy (non-hydrogen) atoms. The standard InChI is InChI=1S/C12H13F3N2O2/c1-18-9-5-7-8(6-10(9)19-2)17-11(16-7)3-4-12(13,14)15/h5-6H,3-4H2,1-2H3,(H,16,17). The van der Waals surface area contributed by atoms with Crippen molar-refractivity contribution in [3.05, 3.63) is 18.0 Å². The van der Waals surface area contributed by atoms with Crippen molar-refractivity contribution in [2.75, 3.05) is 14.2 Å². The summed E-state index contributed by atoms with van der Waals surface area (Å²) in [5.74, 6) is 1.28. The van der Waals surface area contributed by atoms with Gasteiger partial charge in [0.1, 0.15) is 5.82 Å². The Morgan fingerprint density at radius 2 is 1.79 bits per heavy atom. The number of nitrogens with one attached hydrogen (secondary N) is 1. The van der Waals surface area contributed by atoms with Crippen molar-refractivity contribution in [3.8, 4) is 11.5 Å². The summed E-state index contributed by atoms with van der Waals surface area (Å²) in [6, 6.07) is 3.28. The summed E-state index contributed by atoms with van der Waals surface area (Å²) in [6.07, 6.45) is -5.27. The van der Waals surface area contributed by atoms with Crippen molar-refractivity contribution in [1.29, 1.82) is 0 Å². The second kappa shape index (κ2) is 4.99. The van der Waals surface area contributed by atoms with Crippen LogP contribution >= 0.6 is 0 Å². The Bertz CT molecular complexity index is 537. The quantitative estimate of drug-likeness (QED) is 0.932. The number of nitrogens with zero attached hydrogens (tertiary/aromatic N) is 1. The van der Waals surface area contributed by atoms with Crippen LogP contribution in [0.2, 0.25) is 0 Å². The number of halogens is 3. The molecule has 0 atom stereocenters. The highest BCUT2D eigenvalue weighted by molar-refractivity contribution is 5.79. The van der Waals surface area contributed by atoms with E-state index in [1.54, 1.807) is 12.1 Å². The van der Waals surface area contributed by atoms with Gasteiger partial charge in [-0.3, -0.25) is 0 Å². The number of fused-ring (bicyclic) bond motifs is 1. The predicted molar refractivity (Wildman–Crippen MR) is 63.6 cm³/mol. The maximum Gasteiger partial charge on any atom is 0.389 e. The molecule has 0 bridgehead atoms. The van der Waals surface area contributed by atoms with E-state index in [2.05, 4.69) is 9.97 Å². The van der Waals surface area contributed by atoms with Crippen molar-refractivity contribution in [2.24, 2.45) is 0 Å². The number of H-pyrrole nitrogens is 1. The molecule has 4 nitrogen and oxygen atoms in total. The second-order valence-electron chi connectivity index (χ2n) is 4.02. The molecule has 1 aromatic heterocycles. The normalized spacial score (nSPS) is 11.8. The highest BCUT2D eigenvalue weighted by atomic mass is 19.4. The molecule has 0 unspecified atom stereocenters. The minimum Gasteiger partial charge on any atom is -0.493 e. The van der Waals surface area contributed by atoms with Crippen LogP contribution in [0.5, 0.6) is 11.5 Å². The fourth-order valence-electron chi connectivity index (χ4n) is 1.77. The SMILES string of the molecule is COc1cc2nc(CCC(F)(F)F)[nH]c2cc1OC. The van der Waals surface area contributed by atoms with E-state index in [0.717, 1.165) is 0 Å². The largest absolute Gasteiger partial charge is 0.493 e. The number of imidazole rings is 1. The lowest BCUT2D eigenvalue weighted by Gasteiger charge is -2.06. The number of rotatable bonds is 4. The van der Waals surface area contributed by atoms with Gasteiger partial charge in [-0.25, -0.2) is 4.98 Å². The van der Waals surface area contributed by atoms with Crippen LogP contribution in [0.25, 0.3) is 11.0 Å². The zero-order valence-electron chi connectivity index (χ0n) is 10.5. The minimum atomic E-state index is -4.19. The smallest absolute Gasteiger partial charge is 0.389 e. The van der Waals surface area contributed by atoms with E-state index in [-0.39, 0.29) is 6.42 Å². The molecule has 0 spiro atoms. The topological polar surface area (TPSA) is 47.1 Å². The molecule has 104 valence electrons. The van der Waals surface area contributed by atoms with Crippen molar-refractivity contribution in [1.82, 2.24) is 9.97 Å². The molecule has 0 fully saturated rings. The second-order valence-corrected chi connectivity index (χ2v) is 4.02. The number of alkyl halides is 3. The van der Waals surface area contributed by atoms with E-state index in [4.69, 9.17) is 9.47 Å². The molecule has 0 saturated carbocycles. The molecule has 1 N–H and O–H groups in total. The minimum absolute atomic E-state index is 0.178. The molecular weight excluding hydrogens is 261 g/mol. The number of hydrogen-bond acceptors (Lipinski definition) is 3. The average molecular weight is 274 g/mol. The maximum absolute atomic E-state index is 12.2. The highest BCUT2D eigenvalue weighted by Gasteiger charge is 2.27. The summed E-state index contributed by atoms with van der Waals surface area (Å²) in [5.41, 5.74) is 1.17. The van der Waals surface area contributed by atoms with Crippen LogP contribution in [0.1, 0.15) is 12.2 Å². The Labute approximate surface area is 107 Å². The third kappa shape index (κ3) is 3.10. The predicted octanol–water partition coefficient (Wildman–Crippen LogP) is 3.08. The molecular formula is C12H13F3N2O2. The van der Waals surface area contributed by atoms with Gasteiger partial charge in [0.05, 0.1) is 31.7 Å². The van der Waals surface area contributed by atoms with Crippen LogP contribution in [0.4, 0.5) is 13.2 Å². The third-order valence-electron chi connectivity index (χ3n) is 2.68. The Kier molecular flexibility index (Phi) is 3.55. The lowest BCUT2D eigenvalue weighted by molar-refractivity contribution is -0.134. The number of ether oxygens (including phenoxy) is 2. The van der Waals surface area contributed by atoms with Crippen molar-refractivity contribution < 1.29 is 22.6 Å². The third-order valence-corrected chi connectivity index (χ3v) is 2.68. The van der Waals surface area contributed by atoms with Gasteiger partial charge in [-0.05, 0) is 0 Å². The summed E-state index contributed by atoms with van der Waals surface area (Å²) < 4.78 is 46.7. The van der Waals surface area contributed by atoms with Gasteiger partial charge in [-0.15, -0.1) is 0 Å². The first-order valence-corrected chi connectivity index (χ1v) is 5.60. The van der Waals surface area contributed by atoms with E-state index in [9.17, 15) is 13.2 Å². The van der Waals surface area contributed by atoms with E-state index >= 15 is 0 Å². The Balaban J connectivity index is 2.30. The summed E-state index contributed by atoms with van der Waals surface area (Å²) in [7, 11) is 2.98. The Hall–Kier alpha value is -1.92. The lowest BCUT2D eigenvalue weighted by atomic mass is 10.3. The van der Waals surface area contributed by atoms with E-state index in [1.807, 2.05) is 0 Å². The molecule has 1 aromatic carbocycles. The summed E-state index contributed by atoms with van der Waals surface area (Å²) in [5, 5.41) is 0. The number of methoxy groups -OCH3 is 2. The van der Waals surface area contributed by atoms with Gasteiger partial charge < -0.3 is 14.5 Å². The van der Waals surface area contributed by atoms with Gasteiger partial charge in [-0.1, -0.05) is 0 Å². The van der Waals surface area contributed by atoms with Gasteiger partial charge in [0.15, 0.2) is 11.5 Å². The molecule has 0 saturated heterocycles. The van der Waals surface area contributed by atoms with Gasteiger partial charge in [-0.2, -0.15) is 13.2 Å². The Morgan fingerprint density at radius 3 is 2.37 bits per heavy atom. The molecule has 7 heteroatoms. The van der Waals surface area contributed by atoms with E-state index < -0.39 is 12.6 Å². The van der Waals surface area contributed by atoms with Crippen molar-refractivity contribution >= 4 is 11.0 Å². The average Bonchev–Trinajstić information content (AvgIpc) is 2.75. The zero-order chi connectivity index (χ0) is 14.0. The lowest BCUT2D eigenvalue weighted by Crippen LogP contribution is -2.09. The van der Waals surface area contributed by atoms with Crippen LogP contribution in [0.3, 0.4) is 0 Å². The van der Waals surface area contributed by atoms with Crippen LogP contribution < -0.4 is 9.47 Å². The molecule has 0 aliphatic carbocycles. The number of aryl methyl sites for hydroxylation is 1. The van der Waals surface area contributed by atoms with Gasteiger partial charge in [0, 0.05) is 18.6 Å². The molecule has 0 radical (unpaired) electrons. The fourth-order valence-corrected chi connectivity index (χ4v) is 1.77. The maximum atomic E-state index is 12.2. The highest BCUT2D eigenvalue weighted by Crippen LogP contribution is 2.31. The van der Waals surface area contributed by atoms with Crippen molar-refractivity contribution in [3.63, 3.8) is 0 Å². The van der Waals surface area contributed by atoms with Crippen LogP contribution in [0.15, 0.2) is 12.1 Å². The monoisotopic (exact) mass is 274 g/mol. The van der Waals surface area contributed by atoms with E-state index in [0.29, 0.717) is 28.4 Å². The number of aromatic nitrogens is 2. The molecule has 0 amide bonds. The van der Waals surface area contributed by atoms with Crippen LogP contribution in [0, 0.1) is 0 Å². The van der Waals surface area contributed by atoms with Gasteiger partial charge >= 0.3 is 6.18 Å². The number of benzene rings is 1. The van der Waals surface area contributed by atoms with Crippen molar-refractivity contribution in [2.45, 2.75) is 19.0 Å². The molecule has 0 aliphatic rings. The molecule has 0 aliphatic heterocycles. The van der Waals surface area contributed by atoms with Crippen LogP contribution in [-0.4, -0.2) is 30.4 Å². The van der Waals surface area contributed by atoms with E-state index in [1.165, 1.54) is 14.2 Å². The first-order chi connectivity index (χ1) is 8.93. The molecule has 2 aromatic rings. The summed E-state index contributed by atoms with van der Waals surface area (Å²) in [4.78, 5) is 6.96.